The number of aliphatic hydroxyl groups is 1. The Morgan fingerprint density at radius 3 is 2.15 bits per heavy atom. The summed E-state index contributed by atoms with van der Waals surface area (Å²) in [6.07, 6.45) is -1.26. The number of hydrogen-bond acceptors (Lipinski definition) is 4. The predicted octanol–water partition coefficient (Wildman–Crippen LogP) is 0.807. The van der Waals surface area contributed by atoms with E-state index in [1.54, 1.807) is 6.92 Å². The Balaban J connectivity index is 0. The lowest BCUT2D eigenvalue weighted by molar-refractivity contribution is 0.165. The average molecular weight is 206 g/mol. The Labute approximate surface area is 82.0 Å². The van der Waals surface area contributed by atoms with E-state index in [4.69, 9.17) is 15.5 Å². The number of carbonyl (C=O) groups is 1. The maximum atomic E-state index is 9.62. The van der Waals surface area contributed by atoms with Gasteiger partial charge in [0.1, 0.15) is 5.40 Å². The number of nitriles is 1. The highest BCUT2D eigenvalue weighted by Gasteiger charge is 1.92. The zero-order chi connectivity index (χ0) is 10.9. The lowest BCUT2D eigenvalue weighted by Crippen LogP contribution is -2.18. The Kier molecular flexibility index (Phi) is 10.3. The highest BCUT2D eigenvalue weighted by atomic mass is 32.2. The smallest absolute Gasteiger partial charge is 0.406 e. The summed E-state index contributed by atoms with van der Waals surface area (Å²) in [7, 11) is 2.95. The van der Waals surface area contributed by atoms with Crippen molar-refractivity contribution in [3.05, 3.63) is 0 Å². The zero-order valence-electron chi connectivity index (χ0n) is 7.89. The van der Waals surface area contributed by atoms with Crippen LogP contribution in [-0.4, -0.2) is 47.2 Å². The minimum Gasteiger partial charge on any atom is -0.465 e. The van der Waals surface area contributed by atoms with E-state index in [1.807, 2.05) is 5.40 Å². The van der Waals surface area contributed by atoms with Crippen molar-refractivity contribution in [1.29, 1.82) is 5.26 Å². The number of nitrogens with zero attached hydrogens (tertiary/aromatic N) is 2. The first kappa shape index (κ1) is 14.6. The fraction of sp³-hybridized carbons (Fsp3) is 0.714. The van der Waals surface area contributed by atoms with Crippen molar-refractivity contribution < 1.29 is 15.0 Å². The first-order valence-electron chi connectivity index (χ1n) is 3.51. The van der Waals surface area contributed by atoms with Crippen molar-refractivity contribution in [2.24, 2.45) is 0 Å². The van der Waals surface area contributed by atoms with Crippen LogP contribution in [0.2, 0.25) is 0 Å². The Bertz CT molecular complexity index is 177. The van der Waals surface area contributed by atoms with Gasteiger partial charge < -0.3 is 15.1 Å². The summed E-state index contributed by atoms with van der Waals surface area (Å²) >= 11 is 1.07. The van der Waals surface area contributed by atoms with E-state index in [2.05, 4.69) is 0 Å². The molecule has 0 aromatic carbocycles. The van der Waals surface area contributed by atoms with E-state index >= 15 is 0 Å². The first-order chi connectivity index (χ1) is 5.91. The number of aliphatic hydroxyl groups excluding tert-OH is 1. The molecule has 1 amide bonds. The summed E-state index contributed by atoms with van der Waals surface area (Å²) in [5.74, 6) is 0.510. The second-order valence-electron chi connectivity index (χ2n) is 2.43. The Morgan fingerprint density at radius 1 is 1.69 bits per heavy atom. The third kappa shape index (κ3) is 18.2. The van der Waals surface area contributed by atoms with E-state index in [0.29, 0.717) is 5.75 Å². The van der Waals surface area contributed by atoms with Gasteiger partial charge in [0.05, 0.1) is 6.10 Å². The van der Waals surface area contributed by atoms with Crippen LogP contribution in [0, 0.1) is 10.7 Å². The second-order valence-corrected chi connectivity index (χ2v) is 3.23. The van der Waals surface area contributed by atoms with E-state index in [1.165, 1.54) is 14.1 Å². The highest BCUT2D eigenvalue weighted by Crippen LogP contribution is 1.97. The molecule has 0 aliphatic carbocycles. The fourth-order valence-electron chi connectivity index (χ4n) is 0.158. The quantitative estimate of drug-likeness (QED) is 0.653. The number of thiocyanates is 1. The van der Waals surface area contributed by atoms with Crippen LogP contribution < -0.4 is 0 Å². The molecular formula is C7H14N2O3S. The van der Waals surface area contributed by atoms with Crippen LogP contribution in [0.3, 0.4) is 0 Å². The zero-order valence-corrected chi connectivity index (χ0v) is 8.71. The van der Waals surface area contributed by atoms with Crippen LogP contribution in [0.5, 0.6) is 0 Å². The second kappa shape index (κ2) is 9.16. The number of amides is 1. The first-order valence-corrected chi connectivity index (χ1v) is 4.49. The van der Waals surface area contributed by atoms with Crippen LogP contribution in [0.1, 0.15) is 6.92 Å². The van der Waals surface area contributed by atoms with Crippen molar-refractivity contribution in [3.8, 4) is 5.40 Å². The van der Waals surface area contributed by atoms with Crippen molar-refractivity contribution in [3.63, 3.8) is 0 Å². The molecule has 13 heavy (non-hydrogen) atoms. The van der Waals surface area contributed by atoms with Crippen LogP contribution >= 0.6 is 11.8 Å². The van der Waals surface area contributed by atoms with E-state index in [0.717, 1.165) is 16.7 Å². The topological polar surface area (TPSA) is 84.6 Å². The Morgan fingerprint density at radius 2 is 2.08 bits per heavy atom. The molecule has 0 aromatic heterocycles. The molecule has 0 bridgehead atoms. The average Bonchev–Trinajstić information content (AvgIpc) is 2.01. The standard InChI is InChI=1S/C4H7NOS.C3H7NO2/c1-4(6)2-7-3-5;1-4(2)3(5)6/h4,6H,2H2,1H3;1-2H3,(H,5,6). The summed E-state index contributed by atoms with van der Waals surface area (Å²) in [4.78, 5) is 10.7. The van der Waals surface area contributed by atoms with Gasteiger partial charge in [0.25, 0.3) is 0 Å². The molecule has 0 saturated carbocycles. The third-order valence-corrected chi connectivity index (χ3v) is 1.55. The molecule has 0 rings (SSSR count). The van der Waals surface area contributed by atoms with Crippen molar-refractivity contribution in [2.45, 2.75) is 13.0 Å². The molecule has 0 radical (unpaired) electrons. The molecule has 0 saturated heterocycles. The van der Waals surface area contributed by atoms with Gasteiger partial charge in [0, 0.05) is 19.8 Å². The molecule has 0 aromatic rings. The maximum Gasteiger partial charge on any atom is 0.406 e. The minimum absolute atomic E-state index is 0.357. The summed E-state index contributed by atoms with van der Waals surface area (Å²) in [6, 6.07) is 0. The summed E-state index contributed by atoms with van der Waals surface area (Å²) < 4.78 is 0. The van der Waals surface area contributed by atoms with Crippen LogP contribution in [0.15, 0.2) is 0 Å². The van der Waals surface area contributed by atoms with Gasteiger partial charge in [-0.15, -0.1) is 0 Å². The molecule has 2 N–H and O–H groups in total. The minimum atomic E-state index is -0.907. The molecule has 76 valence electrons. The molecule has 0 heterocycles. The van der Waals surface area contributed by atoms with Gasteiger partial charge in [-0.3, -0.25) is 0 Å². The van der Waals surface area contributed by atoms with Crippen molar-refractivity contribution >= 4 is 17.9 Å². The summed E-state index contributed by atoms with van der Waals surface area (Å²) in [6.45, 7) is 1.66. The van der Waals surface area contributed by atoms with Crippen LogP contribution in [0.25, 0.3) is 0 Å². The summed E-state index contributed by atoms with van der Waals surface area (Å²) in [5.41, 5.74) is 0. The van der Waals surface area contributed by atoms with E-state index in [9.17, 15) is 4.79 Å². The van der Waals surface area contributed by atoms with E-state index in [-0.39, 0.29) is 6.10 Å². The largest absolute Gasteiger partial charge is 0.465 e. The number of hydrogen-bond donors (Lipinski definition) is 2. The molecule has 0 spiro atoms. The normalized spacial score (nSPS) is 10.4. The van der Waals surface area contributed by atoms with Gasteiger partial charge in [-0.1, -0.05) is 0 Å². The fourth-order valence-corrected chi connectivity index (χ4v) is 0.474. The van der Waals surface area contributed by atoms with Crippen molar-refractivity contribution in [2.75, 3.05) is 19.8 Å². The maximum absolute atomic E-state index is 9.62. The SMILES string of the molecule is CC(O)CSC#N.CN(C)C(=O)O. The molecule has 1 atom stereocenters. The van der Waals surface area contributed by atoms with Gasteiger partial charge in [0.2, 0.25) is 0 Å². The molecule has 0 aliphatic heterocycles. The predicted molar refractivity (Wildman–Crippen MR) is 51.5 cm³/mol. The Hall–Kier alpha value is -0.930. The van der Waals surface area contributed by atoms with Gasteiger partial charge in [-0.05, 0) is 18.7 Å². The lowest BCUT2D eigenvalue weighted by atomic mass is 10.5. The van der Waals surface area contributed by atoms with Crippen LogP contribution in [0.4, 0.5) is 4.79 Å². The molecule has 0 aliphatic rings. The van der Waals surface area contributed by atoms with Crippen molar-refractivity contribution in [1.82, 2.24) is 4.90 Å². The summed E-state index contributed by atoms with van der Waals surface area (Å²) in [5, 5.41) is 26.2. The van der Waals surface area contributed by atoms with Crippen LogP contribution in [-0.2, 0) is 0 Å². The third-order valence-electron chi connectivity index (χ3n) is 0.772. The molecule has 6 heteroatoms. The van der Waals surface area contributed by atoms with Gasteiger partial charge in [0.15, 0.2) is 0 Å². The number of rotatable bonds is 2. The number of carboxylic acid groups (broad SMARTS) is 1. The van der Waals surface area contributed by atoms with Gasteiger partial charge in [-0.25, -0.2) is 4.79 Å². The number of thioether (sulfide) groups is 1. The van der Waals surface area contributed by atoms with Gasteiger partial charge >= 0.3 is 6.09 Å². The highest BCUT2D eigenvalue weighted by molar-refractivity contribution is 8.03. The molecule has 1 unspecified atom stereocenters. The van der Waals surface area contributed by atoms with E-state index < -0.39 is 6.09 Å². The lowest BCUT2D eigenvalue weighted by Gasteiger charge is -1.99. The molecular weight excluding hydrogens is 192 g/mol. The molecule has 0 fully saturated rings. The van der Waals surface area contributed by atoms with Gasteiger partial charge in [-0.2, -0.15) is 5.26 Å². The molecule has 5 nitrogen and oxygen atoms in total. The monoisotopic (exact) mass is 206 g/mol.